The maximum Gasteiger partial charge on any atom is 0.225 e. The van der Waals surface area contributed by atoms with Gasteiger partial charge in [0.15, 0.2) is 0 Å². The predicted octanol–water partition coefficient (Wildman–Crippen LogP) is 2.31. The van der Waals surface area contributed by atoms with Crippen molar-refractivity contribution in [3.05, 3.63) is 41.2 Å². The molecule has 0 unspecified atom stereocenters. The van der Waals surface area contributed by atoms with Gasteiger partial charge in [0, 0.05) is 43.5 Å². The first-order chi connectivity index (χ1) is 10.8. The second kappa shape index (κ2) is 5.63. The molecule has 114 valence electrons. The molecule has 0 spiro atoms. The lowest BCUT2D eigenvalue weighted by atomic mass is 10.0. The van der Waals surface area contributed by atoms with Crippen LogP contribution in [0.5, 0.6) is 0 Å². The van der Waals surface area contributed by atoms with Crippen LogP contribution in [0.25, 0.3) is 0 Å². The van der Waals surface area contributed by atoms with Crippen molar-refractivity contribution in [3.8, 4) is 0 Å². The topological polar surface area (TPSA) is 54.8 Å². The Bertz CT molecular complexity index is 663. The van der Waals surface area contributed by atoms with Crippen LogP contribution in [0.2, 0.25) is 0 Å². The van der Waals surface area contributed by atoms with Gasteiger partial charge in [-0.1, -0.05) is 6.92 Å². The standard InChI is InChI=1S/C17H21N5/c1-2-12-9-18-17(19-10-12)22-7-5-14-15(6-8-22)20-11-21-16(14)13-3-4-13/h9-11,13H,2-8H2,1H3. The Hall–Kier alpha value is -2.04. The van der Waals surface area contributed by atoms with Gasteiger partial charge in [0.1, 0.15) is 6.33 Å². The van der Waals surface area contributed by atoms with Crippen molar-refractivity contribution in [2.45, 2.75) is 44.9 Å². The second-order valence-corrected chi connectivity index (χ2v) is 6.19. The van der Waals surface area contributed by atoms with E-state index in [4.69, 9.17) is 0 Å². The summed E-state index contributed by atoms with van der Waals surface area (Å²) in [6.45, 7) is 4.00. The van der Waals surface area contributed by atoms with E-state index in [9.17, 15) is 0 Å². The highest BCUT2D eigenvalue weighted by Crippen LogP contribution is 2.41. The third kappa shape index (κ3) is 2.56. The molecule has 5 heteroatoms. The summed E-state index contributed by atoms with van der Waals surface area (Å²) in [5.41, 5.74) is 5.10. The fourth-order valence-corrected chi connectivity index (χ4v) is 3.15. The quantitative estimate of drug-likeness (QED) is 0.869. The molecule has 0 radical (unpaired) electrons. The minimum absolute atomic E-state index is 0.684. The van der Waals surface area contributed by atoms with Gasteiger partial charge in [0.25, 0.3) is 0 Å². The van der Waals surface area contributed by atoms with Gasteiger partial charge in [-0.3, -0.25) is 0 Å². The van der Waals surface area contributed by atoms with E-state index in [1.165, 1.54) is 35.4 Å². The van der Waals surface area contributed by atoms with Gasteiger partial charge >= 0.3 is 0 Å². The van der Waals surface area contributed by atoms with Gasteiger partial charge < -0.3 is 4.90 Å². The fraction of sp³-hybridized carbons (Fsp3) is 0.529. The van der Waals surface area contributed by atoms with E-state index < -0.39 is 0 Å². The Balaban J connectivity index is 1.56. The minimum Gasteiger partial charge on any atom is -0.340 e. The van der Waals surface area contributed by atoms with E-state index in [0.29, 0.717) is 5.92 Å². The molecule has 0 N–H and O–H groups in total. The van der Waals surface area contributed by atoms with Crippen LogP contribution in [0, 0.1) is 0 Å². The van der Waals surface area contributed by atoms with Crippen molar-refractivity contribution >= 4 is 5.95 Å². The van der Waals surface area contributed by atoms with Crippen LogP contribution >= 0.6 is 0 Å². The summed E-state index contributed by atoms with van der Waals surface area (Å²) in [5, 5.41) is 0. The van der Waals surface area contributed by atoms with Crippen molar-refractivity contribution in [3.63, 3.8) is 0 Å². The number of hydrogen-bond donors (Lipinski definition) is 0. The van der Waals surface area contributed by atoms with Crippen LogP contribution in [-0.4, -0.2) is 33.0 Å². The van der Waals surface area contributed by atoms with Crippen LogP contribution in [0.3, 0.4) is 0 Å². The largest absolute Gasteiger partial charge is 0.340 e. The van der Waals surface area contributed by atoms with Crippen molar-refractivity contribution < 1.29 is 0 Å². The predicted molar refractivity (Wildman–Crippen MR) is 85.0 cm³/mol. The molecule has 0 bridgehead atoms. The van der Waals surface area contributed by atoms with Gasteiger partial charge in [0.05, 0.1) is 5.69 Å². The number of hydrogen-bond acceptors (Lipinski definition) is 5. The lowest BCUT2D eigenvalue weighted by Gasteiger charge is -2.19. The molecule has 2 aromatic heterocycles. The summed E-state index contributed by atoms with van der Waals surface area (Å²) in [5.74, 6) is 1.52. The van der Waals surface area contributed by atoms with Gasteiger partial charge in [0.2, 0.25) is 5.95 Å². The van der Waals surface area contributed by atoms with Gasteiger partial charge in [-0.05, 0) is 36.8 Å². The summed E-state index contributed by atoms with van der Waals surface area (Å²) in [4.78, 5) is 20.4. The average Bonchev–Trinajstić information content (AvgIpc) is 3.41. The molecule has 3 heterocycles. The highest BCUT2D eigenvalue weighted by Gasteiger charge is 2.30. The molecule has 1 fully saturated rings. The second-order valence-electron chi connectivity index (χ2n) is 6.19. The van der Waals surface area contributed by atoms with Crippen molar-refractivity contribution in [2.24, 2.45) is 0 Å². The Morgan fingerprint density at radius 2 is 1.82 bits per heavy atom. The van der Waals surface area contributed by atoms with Gasteiger partial charge in [-0.25, -0.2) is 19.9 Å². The zero-order valence-corrected chi connectivity index (χ0v) is 13.0. The summed E-state index contributed by atoms with van der Waals surface area (Å²) in [7, 11) is 0. The Labute approximate surface area is 130 Å². The molecule has 1 saturated carbocycles. The van der Waals surface area contributed by atoms with E-state index >= 15 is 0 Å². The van der Waals surface area contributed by atoms with E-state index in [2.05, 4.69) is 31.8 Å². The first kappa shape index (κ1) is 13.6. The third-order valence-corrected chi connectivity index (χ3v) is 4.66. The first-order valence-corrected chi connectivity index (χ1v) is 8.23. The van der Waals surface area contributed by atoms with E-state index in [1.54, 1.807) is 6.33 Å². The molecule has 0 atom stereocenters. The molecule has 2 aliphatic rings. The normalized spacial score (nSPS) is 18.0. The maximum atomic E-state index is 4.56. The molecule has 4 rings (SSSR count). The average molecular weight is 295 g/mol. The zero-order valence-electron chi connectivity index (χ0n) is 13.0. The number of aryl methyl sites for hydroxylation is 1. The number of anilines is 1. The highest BCUT2D eigenvalue weighted by atomic mass is 15.2. The number of rotatable bonds is 3. The van der Waals surface area contributed by atoms with Crippen molar-refractivity contribution in [1.82, 2.24) is 19.9 Å². The van der Waals surface area contributed by atoms with Crippen molar-refractivity contribution in [1.29, 1.82) is 0 Å². The Morgan fingerprint density at radius 1 is 1.05 bits per heavy atom. The maximum absolute atomic E-state index is 4.56. The lowest BCUT2D eigenvalue weighted by molar-refractivity contribution is 0.766. The molecule has 5 nitrogen and oxygen atoms in total. The van der Waals surface area contributed by atoms with E-state index in [0.717, 1.165) is 38.3 Å². The van der Waals surface area contributed by atoms with Crippen LogP contribution in [0.4, 0.5) is 5.95 Å². The zero-order chi connectivity index (χ0) is 14.9. The van der Waals surface area contributed by atoms with Crippen LogP contribution in [0.15, 0.2) is 18.7 Å². The third-order valence-electron chi connectivity index (χ3n) is 4.66. The molecular weight excluding hydrogens is 274 g/mol. The van der Waals surface area contributed by atoms with E-state index in [1.807, 2.05) is 12.4 Å². The lowest BCUT2D eigenvalue weighted by Crippen LogP contribution is -2.28. The molecular formula is C17H21N5. The van der Waals surface area contributed by atoms with Gasteiger partial charge in [-0.15, -0.1) is 0 Å². The summed E-state index contributed by atoms with van der Waals surface area (Å²) >= 11 is 0. The Morgan fingerprint density at radius 3 is 2.55 bits per heavy atom. The van der Waals surface area contributed by atoms with Crippen molar-refractivity contribution in [2.75, 3.05) is 18.0 Å². The number of aromatic nitrogens is 4. The molecule has 0 amide bonds. The Kier molecular flexibility index (Phi) is 3.48. The smallest absolute Gasteiger partial charge is 0.225 e. The van der Waals surface area contributed by atoms with Gasteiger partial charge in [-0.2, -0.15) is 0 Å². The van der Waals surface area contributed by atoms with Crippen LogP contribution in [0.1, 0.15) is 48.2 Å². The summed E-state index contributed by atoms with van der Waals surface area (Å²) < 4.78 is 0. The molecule has 0 aromatic carbocycles. The van der Waals surface area contributed by atoms with Crippen LogP contribution in [-0.2, 0) is 19.3 Å². The summed E-state index contributed by atoms with van der Waals surface area (Å²) in [6, 6.07) is 0. The SMILES string of the molecule is CCc1cnc(N2CCc3ncnc(C4CC4)c3CC2)nc1. The molecule has 2 aromatic rings. The fourth-order valence-electron chi connectivity index (χ4n) is 3.15. The minimum atomic E-state index is 0.684. The molecule has 1 aliphatic heterocycles. The number of nitrogens with zero attached hydrogens (tertiary/aromatic N) is 5. The van der Waals surface area contributed by atoms with Crippen LogP contribution < -0.4 is 4.90 Å². The highest BCUT2D eigenvalue weighted by molar-refractivity contribution is 5.37. The molecule has 22 heavy (non-hydrogen) atoms. The molecule has 1 aliphatic carbocycles. The first-order valence-electron chi connectivity index (χ1n) is 8.23. The summed E-state index contributed by atoms with van der Waals surface area (Å²) in [6.07, 6.45) is 11.1. The monoisotopic (exact) mass is 295 g/mol. The van der Waals surface area contributed by atoms with E-state index in [-0.39, 0.29) is 0 Å². The number of fused-ring (bicyclic) bond motifs is 1. The molecule has 0 saturated heterocycles.